The maximum absolute atomic E-state index is 13.7. The van der Waals surface area contributed by atoms with Gasteiger partial charge in [0.2, 0.25) is 23.0 Å². The van der Waals surface area contributed by atoms with Crippen molar-refractivity contribution >= 4 is 28.3 Å². The molecule has 0 spiro atoms. The Kier molecular flexibility index (Phi) is 10.5. The first-order valence-corrected chi connectivity index (χ1v) is 17.2. The van der Waals surface area contributed by atoms with E-state index in [9.17, 15) is 14.4 Å². The van der Waals surface area contributed by atoms with Crippen LogP contribution in [0.5, 0.6) is 23.0 Å². The zero-order chi connectivity index (χ0) is 35.4. The number of hydrogen-bond acceptors (Lipinski definition) is 8. The second-order valence-corrected chi connectivity index (χ2v) is 12.8. The fraction of sp³-hybridized carbons (Fsp3) is 0.375. The van der Waals surface area contributed by atoms with Crippen molar-refractivity contribution in [2.75, 3.05) is 46.8 Å². The van der Waals surface area contributed by atoms with E-state index in [0.717, 1.165) is 58.2 Å². The van der Waals surface area contributed by atoms with Gasteiger partial charge in [-0.3, -0.25) is 14.4 Å². The summed E-state index contributed by atoms with van der Waals surface area (Å²) in [5, 5.41) is 8.48. The Morgan fingerprint density at radius 3 is 2.32 bits per heavy atom. The van der Waals surface area contributed by atoms with Crippen molar-refractivity contribution < 1.29 is 28.5 Å². The first-order chi connectivity index (χ1) is 24.3. The van der Waals surface area contributed by atoms with Crippen molar-refractivity contribution in [3.8, 4) is 34.1 Å². The van der Waals surface area contributed by atoms with Crippen LogP contribution in [0, 0.1) is 0 Å². The highest BCUT2D eigenvalue weighted by Crippen LogP contribution is 2.50. The Balaban J connectivity index is 1.22. The number of hydrogen-bond donors (Lipinski definition) is 2. The smallest absolute Gasteiger partial charge is 0.223 e. The summed E-state index contributed by atoms with van der Waals surface area (Å²) in [6.45, 7) is 2.64. The van der Waals surface area contributed by atoms with E-state index in [0.29, 0.717) is 60.7 Å². The minimum absolute atomic E-state index is 0.0121. The van der Waals surface area contributed by atoms with E-state index in [1.165, 1.54) is 6.92 Å². The van der Waals surface area contributed by atoms with Crippen LogP contribution in [0.1, 0.15) is 67.8 Å². The molecule has 10 heteroatoms. The van der Waals surface area contributed by atoms with Gasteiger partial charge in [0, 0.05) is 37.4 Å². The summed E-state index contributed by atoms with van der Waals surface area (Å²) in [6, 6.07) is 19.1. The molecule has 0 saturated carbocycles. The SMILES string of the molecule is COc1cc2c(c(OC)c1OC)-c1ccc(NCCCC(=O)N3CCC[C@H]3c3ccc(OC)c4ccccc34)c(=O)cc1[C@@H](NC(C)=O)CC2. The van der Waals surface area contributed by atoms with E-state index in [1.54, 1.807) is 40.6 Å². The monoisotopic (exact) mass is 679 g/mol. The number of ether oxygens (including phenoxy) is 4. The number of nitrogens with zero attached hydrogens (tertiary/aromatic N) is 1. The number of nitrogens with one attached hydrogen (secondary N) is 2. The summed E-state index contributed by atoms with van der Waals surface area (Å²) < 4.78 is 22.8. The van der Waals surface area contributed by atoms with E-state index in [2.05, 4.69) is 28.8 Å². The molecule has 1 aliphatic heterocycles. The van der Waals surface area contributed by atoms with Crippen molar-refractivity contribution in [1.82, 2.24) is 10.2 Å². The highest BCUT2D eigenvalue weighted by molar-refractivity contribution is 5.92. The lowest BCUT2D eigenvalue weighted by molar-refractivity contribution is -0.132. The lowest BCUT2D eigenvalue weighted by atomic mass is 9.95. The number of likely N-dealkylation sites (tertiary alicyclic amines) is 1. The minimum atomic E-state index is -0.390. The van der Waals surface area contributed by atoms with Crippen molar-refractivity contribution in [3.63, 3.8) is 0 Å². The van der Waals surface area contributed by atoms with Crippen molar-refractivity contribution in [1.29, 1.82) is 0 Å². The number of aryl methyl sites for hydroxylation is 1. The van der Waals surface area contributed by atoms with Crippen LogP contribution < -0.4 is 35.0 Å². The van der Waals surface area contributed by atoms with Gasteiger partial charge in [0.15, 0.2) is 11.5 Å². The molecule has 1 saturated heterocycles. The molecule has 2 aliphatic rings. The molecule has 1 heterocycles. The predicted octanol–water partition coefficient (Wildman–Crippen LogP) is 6.58. The normalized spacial score (nSPS) is 16.5. The lowest BCUT2D eigenvalue weighted by Gasteiger charge is -2.26. The summed E-state index contributed by atoms with van der Waals surface area (Å²) in [5.74, 6) is 2.24. The molecular weight excluding hydrogens is 634 g/mol. The molecule has 0 bridgehead atoms. The molecule has 2 atom stereocenters. The molecule has 0 unspecified atom stereocenters. The molecule has 1 aliphatic carbocycles. The average molecular weight is 680 g/mol. The van der Waals surface area contributed by atoms with Gasteiger partial charge in [-0.05, 0) is 84.0 Å². The first-order valence-electron chi connectivity index (χ1n) is 17.2. The van der Waals surface area contributed by atoms with Crippen LogP contribution >= 0.6 is 0 Å². The summed E-state index contributed by atoms with van der Waals surface area (Å²) >= 11 is 0. The number of amides is 2. The molecule has 0 radical (unpaired) electrons. The first kappa shape index (κ1) is 34.6. The topological polar surface area (TPSA) is 115 Å². The molecule has 2 amide bonds. The van der Waals surface area contributed by atoms with Gasteiger partial charge in [-0.2, -0.15) is 0 Å². The van der Waals surface area contributed by atoms with Gasteiger partial charge < -0.3 is 34.5 Å². The van der Waals surface area contributed by atoms with Crippen molar-refractivity contribution in [3.05, 3.63) is 87.6 Å². The van der Waals surface area contributed by atoms with Gasteiger partial charge in [-0.25, -0.2) is 0 Å². The fourth-order valence-corrected chi connectivity index (χ4v) is 7.61. The molecule has 2 N–H and O–H groups in total. The van der Waals surface area contributed by atoms with E-state index in [4.69, 9.17) is 18.9 Å². The largest absolute Gasteiger partial charge is 0.496 e. The van der Waals surface area contributed by atoms with E-state index in [-0.39, 0.29) is 23.3 Å². The number of carbonyl (C=O) groups is 2. The van der Waals surface area contributed by atoms with Gasteiger partial charge >= 0.3 is 0 Å². The van der Waals surface area contributed by atoms with Crippen LogP contribution in [0.15, 0.2) is 65.5 Å². The van der Waals surface area contributed by atoms with Gasteiger partial charge in [-0.1, -0.05) is 36.4 Å². The summed E-state index contributed by atoms with van der Waals surface area (Å²) in [4.78, 5) is 41.5. The minimum Gasteiger partial charge on any atom is -0.496 e. The second kappa shape index (κ2) is 15.1. The number of benzene rings is 3. The van der Waals surface area contributed by atoms with Crippen LogP contribution in [-0.4, -0.2) is 58.2 Å². The van der Waals surface area contributed by atoms with Crippen LogP contribution in [0.4, 0.5) is 5.69 Å². The van der Waals surface area contributed by atoms with Gasteiger partial charge in [0.05, 0.1) is 46.2 Å². The van der Waals surface area contributed by atoms with Crippen LogP contribution in [0.3, 0.4) is 0 Å². The van der Waals surface area contributed by atoms with Gasteiger partial charge in [-0.15, -0.1) is 0 Å². The fourth-order valence-electron chi connectivity index (χ4n) is 7.61. The van der Waals surface area contributed by atoms with Crippen molar-refractivity contribution in [2.24, 2.45) is 0 Å². The van der Waals surface area contributed by atoms with Crippen LogP contribution in [0.25, 0.3) is 21.9 Å². The Morgan fingerprint density at radius 1 is 0.840 bits per heavy atom. The highest BCUT2D eigenvalue weighted by Gasteiger charge is 2.32. The molecule has 262 valence electrons. The third-order valence-electron chi connectivity index (χ3n) is 9.87. The van der Waals surface area contributed by atoms with Gasteiger partial charge in [0.1, 0.15) is 5.75 Å². The summed E-state index contributed by atoms with van der Waals surface area (Å²) in [5.41, 5.74) is 4.57. The van der Waals surface area contributed by atoms with Crippen LogP contribution in [-0.2, 0) is 16.0 Å². The van der Waals surface area contributed by atoms with E-state index >= 15 is 0 Å². The highest BCUT2D eigenvalue weighted by atomic mass is 16.5. The number of methoxy groups -OCH3 is 4. The molecule has 1 fully saturated rings. The zero-order valence-corrected chi connectivity index (χ0v) is 29.4. The standard InChI is InChI=1S/C40H45N3O7/c1-24(44)42-31-17-14-25-22-36(48-3)39(49-4)40(50-5)38(25)29-15-18-32(34(45)23-30(29)31)41-20-8-13-37(46)43-21-9-12-33(43)27-16-19-35(47-2)28-11-7-6-10-26(27)28/h6-7,10-11,15-16,18-19,22-23,31,33H,8-9,12-14,17,20-21H2,1-5H3,(H,41,45)(H,42,44)/t31-,33-/m0/s1. The average Bonchev–Trinajstić information content (AvgIpc) is 3.50. The number of anilines is 1. The zero-order valence-electron chi connectivity index (χ0n) is 29.4. The molecule has 4 aromatic carbocycles. The maximum Gasteiger partial charge on any atom is 0.223 e. The lowest BCUT2D eigenvalue weighted by Crippen LogP contribution is -2.30. The molecule has 6 rings (SSSR count). The molecule has 4 aromatic rings. The Bertz CT molecular complexity index is 1980. The number of rotatable bonds is 11. The molecule has 50 heavy (non-hydrogen) atoms. The maximum atomic E-state index is 13.7. The van der Waals surface area contributed by atoms with Gasteiger partial charge in [0.25, 0.3) is 0 Å². The third-order valence-corrected chi connectivity index (χ3v) is 9.87. The summed E-state index contributed by atoms with van der Waals surface area (Å²) in [6.07, 6.45) is 3.98. The predicted molar refractivity (Wildman–Crippen MR) is 195 cm³/mol. The Labute approximate surface area is 292 Å². The molecular formula is C40H45N3O7. The molecule has 0 aromatic heterocycles. The van der Waals surface area contributed by atoms with E-state index in [1.807, 2.05) is 35.2 Å². The second-order valence-electron chi connectivity index (χ2n) is 12.8. The van der Waals surface area contributed by atoms with E-state index < -0.39 is 6.04 Å². The van der Waals surface area contributed by atoms with Crippen LogP contribution in [0.2, 0.25) is 0 Å². The Hall–Kier alpha value is -5.25. The summed E-state index contributed by atoms with van der Waals surface area (Å²) in [7, 11) is 6.39. The quantitative estimate of drug-likeness (QED) is 0.171. The Morgan fingerprint density at radius 2 is 1.60 bits per heavy atom. The number of carbonyl (C=O) groups excluding carboxylic acids is 2. The third kappa shape index (κ3) is 6.66. The molecule has 10 nitrogen and oxygen atoms in total. The number of fused-ring (bicyclic) bond motifs is 4. The van der Waals surface area contributed by atoms with Crippen molar-refractivity contribution in [2.45, 2.75) is 57.5 Å².